The van der Waals surface area contributed by atoms with Crippen LogP contribution in [0.1, 0.15) is 32.6 Å². The molecule has 1 N–H and O–H groups in total. The van der Waals surface area contributed by atoms with E-state index in [-0.39, 0.29) is 24.0 Å². The van der Waals surface area contributed by atoms with Gasteiger partial charge in [0.05, 0.1) is 0 Å². The summed E-state index contributed by atoms with van der Waals surface area (Å²) in [5.74, 6) is 3.18. The van der Waals surface area contributed by atoms with Crippen LogP contribution in [0.4, 0.5) is 5.82 Å². The number of pyridine rings is 1. The number of anilines is 1. The smallest absolute Gasteiger partial charge is 0.194 e. The van der Waals surface area contributed by atoms with Gasteiger partial charge in [-0.3, -0.25) is 4.99 Å². The summed E-state index contributed by atoms with van der Waals surface area (Å²) in [4.78, 5) is 14.0. The zero-order valence-corrected chi connectivity index (χ0v) is 17.0. The molecule has 0 amide bonds. The molecule has 1 aromatic heterocycles. The summed E-state index contributed by atoms with van der Waals surface area (Å²) < 4.78 is 0. The van der Waals surface area contributed by atoms with Gasteiger partial charge in [0.1, 0.15) is 5.82 Å². The van der Waals surface area contributed by atoms with Crippen molar-refractivity contribution in [2.24, 2.45) is 10.9 Å². The first-order valence-corrected chi connectivity index (χ1v) is 9.06. The number of hydrogen-bond donors (Lipinski definition) is 1. The van der Waals surface area contributed by atoms with Crippen LogP contribution in [0.5, 0.6) is 0 Å². The lowest BCUT2D eigenvalue weighted by Gasteiger charge is -2.37. The first-order chi connectivity index (χ1) is 11.4. The number of aromatic nitrogens is 1. The van der Waals surface area contributed by atoms with Gasteiger partial charge in [0.2, 0.25) is 0 Å². The Morgan fingerprint density at radius 2 is 2.04 bits per heavy atom. The summed E-state index contributed by atoms with van der Waals surface area (Å²) >= 11 is 0. The Morgan fingerprint density at radius 1 is 1.25 bits per heavy atom. The normalized spacial score (nSPS) is 18.3. The Balaban J connectivity index is 0.00000208. The molecule has 3 rings (SSSR count). The largest absolute Gasteiger partial charge is 0.357 e. The number of halogens is 1. The minimum atomic E-state index is 0. The second-order valence-corrected chi connectivity index (χ2v) is 6.48. The Bertz CT molecular complexity index is 495. The molecule has 1 aromatic rings. The van der Waals surface area contributed by atoms with Crippen molar-refractivity contribution in [3.63, 3.8) is 0 Å². The molecule has 2 fully saturated rings. The van der Waals surface area contributed by atoms with Crippen molar-refractivity contribution >= 4 is 35.8 Å². The first-order valence-electron chi connectivity index (χ1n) is 9.06. The standard InChI is InChI=1S/C18H29N5.HI/c1-2-19-18(21-11-5-6-16-8-9-16)23-14-12-22(13-15-23)17-7-3-4-10-20-17;/h3-4,7,10,16H,2,5-6,8-9,11-15H2,1H3,(H,19,21);1H. The molecule has 0 atom stereocenters. The van der Waals surface area contributed by atoms with Gasteiger partial charge in [-0.15, -0.1) is 24.0 Å². The van der Waals surface area contributed by atoms with E-state index in [9.17, 15) is 0 Å². The molecule has 134 valence electrons. The lowest BCUT2D eigenvalue weighted by atomic mass is 10.2. The summed E-state index contributed by atoms with van der Waals surface area (Å²) in [6.07, 6.45) is 7.34. The molecule has 0 spiro atoms. The van der Waals surface area contributed by atoms with Gasteiger partial charge in [-0.25, -0.2) is 4.98 Å². The van der Waals surface area contributed by atoms with E-state index in [4.69, 9.17) is 4.99 Å². The van der Waals surface area contributed by atoms with E-state index in [1.807, 2.05) is 12.3 Å². The molecule has 1 aliphatic heterocycles. The third-order valence-electron chi connectivity index (χ3n) is 4.62. The van der Waals surface area contributed by atoms with Crippen molar-refractivity contribution < 1.29 is 0 Å². The third kappa shape index (κ3) is 5.79. The average molecular weight is 443 g/mol. The van der Waals surface area contributed by atoms with Crippen LogP contribution in [0.25, 0.3) is 0 Å². The van der Waals surface area contributed by atoms with Crippen molar-refractivity contribution in [3.05, 3.63) is 24.4 Å². The summed E-state index contributed by atoms with van der Waals surface area (Å²) in [6, 6.07) is 6.12. The van der Waals surface area contributed by atoms with Crippen LogP contribution in [-0.4, -0.2) is 55.1 Å². The molecular weight excluding hydrogens is 413 g/mol. The highest BCUT2D eigenvalue weighted by molar-refractivity contribution is 14.0. The molecule has 6 heteroatoms. The maximum Gasteiger partial charge on any atom is 0.194 e. The minimum absolute atomic E-state index is 0. The Hall–Kier alpha value is -1.05. The lowest BCUT2D eigenvalue weighted by Crippen LogP contribution is -2.52. The highest BCUT2D eigenvalue weighted by atomic mass is 127. The third-order valence-corrected chi connectivity index (χ3v) is 4.62. The van der Waals surface area contributed by atoms with Crippen molar-refractivity contribution in [1.82, 2.24) is 15.2 Å². The van der Waals surface area contributed by atoms with Crippen LogP contribution in [0.15, 0.2) is 29.4 Å². The van der Waals surface area contributed by atoms with Crippen LogP contribution in [0.2, 0.25) is 0 Å². The molecule has 2 aliphatic rings. The van der Waals surface area contributed by atoms with E-state index in [0.717, 1.165) is 57.0 Å². The highest BCUT2D eigenvalue weighted by Gasteiger charge is 2.21. The maximum absolute atomic E-state index is 4.83. The second-order valence-electron chi connectivity index (χ2n) is 6.48. The predicted molar refractivity (Wildman–Crippen MR) is 111 cm³/mol. The van der Waals surface area contributed by atoms with E-state index in [1.54, 1.807) is 0 Å². The summed E-state index contributed by atoms with van der Waals surface area (Å²) in [5.41, 5.74) is 0. The van der Waals surface area contributed by atoms with E-state index in [0.29, 0.717) is 0 Å². The van der Waals surface area contributed by atoms with E-state index in [1.165, 1.54) is 25.7 Å². The van der Waals surface area contributed by atoms with Gasteiger partial charge >= 0.3 is 0 Å². The molecule has 24 heavy (non-hydrogen) atoms. The number of rotatable bonds is 6. The molecule has 1 saturated heterocycles. The van der Waals surface area contributed by atoms with E-state index < -0.39 is 0 Å². The van der Waals surface area contributed by atoms with Crippen molar-refractivity contribution in [2.45, 2.75) is 32.6 Å². The number of aliphatic imine (C=N–C) groups is 1. The molecule has 1 saturated carbocycles. The topological polar surface area (TPSA) is 43.8 Å². The zero-order chi connectivity index (χ0) is 15.9. The van der Waals surface area contributed by atoms with Crippen molar-refractivity contribution in [2.75, 3.05) is 44.2 Å². The van der Waals surface area contributed by atoms with Crippen molar-refractivity contribution in [3.8, 4) is 0 Å². The molecule has 0 unspecified atom stereocenters. The van der Waals surface area contributed by atoms with Crippen LogP contribution in [0, 0.1) is 5.92 Å². The lowest BCUT2D eigenvalue weighted by molar-refractivity contribution is 0.371. The monoisotopic (exact) mass is 443 g/mol. The Labute approximate surface area is 162 Å². The van der Waals surface area contributed by atoms with E-state index >= 15 is 0 Å². The van der Waals surface area contributed by atoms with Crippen LogP contribution in [-0.2, 0) is 0 Å². The fraction of sp³-hybridized carbons (Fsp3) is 0.667. The molecule has 0 aromatic carbocycles. The number of nitrogens with one attached hydrogen (secondary N) is 1. The Morgan fingerprint density at radius 3 is 2.67 bits per heavy atom. The van der Waals surface area contributed by atoms with Crippen LogP contribution in [0.3, 0.4) is 0 Å². The SMILES string of the molecule is CCNC(=NCCCC1CC1)N1CCN(c2ccccn2)CC1.I. The molecular formula is C18H30IN5. The predicted octanol–water partition coefficient (Wildman–Crippen LogP) is 2.98. The molecule has 0 radical (unpaired) electrons. The second kappa shape index (κ2) is 10.1. The van der Waals surface area contributed by atoms with Crippen molar-refractivity contribution in [1.29, 1.82) is 0 Å². The average Bonchev–Trinajstić information content (AvgIpc) is 3.43. The van der Waals surface area contributed by atoms with Crippen LogP contribution < -0.4 is 10.2 Å². The molecule has 0 bridgehead atoms. The number of piperazine rings is 1. The molecule has 2 heterocycles. The summed E-state index contributed by atoms with van der Waals surface area (Å²) in [5, 5.41) is 3.45. The van der Waals surface area contributed by atoms with Gasteiger partial charge < -0.3 is 15.1 Å². The number of nitrogens with zero attached hydrogens (tertiary/aromatic N) is 4. The Kier molecular flexibility index (Phi) is 8.08. The van der Waals surface area contributed by atoms with Gasteiger partial charge in [-0.1, -0.05) is 18.9 Å². The van der Waals surface area contributed by atoms with Gasteiger partial charge in [-0.05, 0) is 37.8 Å². The maximum atomic E-state index is 4.83. The van der Waals surface area contributed by atoms with Gasteiger partial charge in [-0.2, -0.15) is 0 Å². The van der Waals surface area contributed by atoms with Crippen LogP contribution >= 0.6 is 24.0 Å². The number of guanidine groups is 1. The molecule has 1 aliphatic carbocycles. The fourth-order valence-electron chi connectivity index (χ4n) is 3.09. The first kappa shape index (κ1) is 19.3. The minimum Gasteiger partial charge on any atom is -0.357 e. The zero-order valence-electron chi connectivity index (χ0n) is 14.7. The van der Waals surface area contributed by atoms with E-state index in [2.05, 4.69) is 39.2 Å². The van der Waals surface area contributed by atoms with Gasteiger partial charge in [0.25, 0.3) is 0 Å². The quantitative estimate of drug-likeness (QED) is 0.318. The summed E-state index contributed by atoms with van der Waals surface area (Å²) in [7, 11) is 0. The highest BCUT2D eigenvalue weighted by Crippen LogP contribution is 2.33. The molecule has 5 nitrogen and oxygen atoms in total. The summed E-state index contributed by atoms with van der Waals surface area (Å²) in [6.45, 7) is 8.05. The van der Waals surface area contributed by atoms with Gasteiger partial charge in [0, 0.05) is 45.5 Å². The van der Waals surface area contributed by atoms with Gasteiger partial charge in [0.15, 0.2) is 5.96 Å². The fourth-order valence-corrected chi connectivity index (χ4v) is 3.09. The number of hydrogen-bond acceptors (Lipinski definition) is 3.